The third kappa shape index (κ3) is 6.07. The molecule has 2 N–H and O–H groups in total. The Morgan fingerprint density at radius 3 is 2.10 bits per heavy atom. The first-order chi connectivity index (χ1) is 19.7. The Hall–Kier alpha value is -4.31. The molecular weight excluding hydrogens is 542 g/mol. The fourth-order valence-electron chi connectivity index (χ4n) is 4.94. The monoisotopic (exact) mass is 577 g/mol. The summed E-state index contributed by atoms with van der Waals surface area (Å²) in [6.45, 7) is 9.53. The number of aryl methyl sites for hydroxylation is 1. The molecule has 0 fully saturated rings. The van der Waals surface area contributed by atoms with Crippen LogP contribution in [0.1, 0.15) is 44.1 Å². The van der Waals surface area contributed by atoms with Crippen molar-refractivity contribution in [3.05, 3.63) is 75.4 Å². The average molecular weight is 578 g/mol. The van der Waals surface area contributed by atoms with Gasteiger partial charge < -0.3 is 29.6 Å². The fraction of sp³-hybridized carbons (Fsp3) is 0.323. The van der Waals surface area contributed by atoms with Gasteiger partial charge in [-0.05, 0) is 64.4 Å². The molecule has 0 spiro atoms. The molecule has 0 atom stereocenters. The van der Waals surface area contributed by atoms with Crippen LogP contribution in [0.4, 0.5) is 10.8 Å². The number of hydrogen-bond donors (Lipinski definition) is 2. The third-order valence-corrected chi connectivity index (χ3v) is 7.60. The van der Waals surface area contributed by atoms with Crippen LogP contribution in [-0.2, 0) is 19.1 Å². The second-order valence-electron chi connectivity index (χ2n) is 9.28. The van der Waals surface area contributed by atoms with Crippen LogP contribution < -0.4 is 20.1 Å². The van der Waals surface area contributed by atoms with E-state index in [2.05, 4.69) is 10.6 Å². The number of nitrogens with one attached hydrogen (secondary N) is 2. The van der Waals surface area contributed by atoms with Gasteiger partial charge in [0.05, 0.1) is 50.2 Å². The lowest BCUT2D eigenvalue weighted by Crippen LogP contribution is -2.32. The predicted octanol–water partition coefficient (Wildman–Crippen LogP) is 6.24. The first kappa shape index (κ1) is 29.7. The average Bonchev–Trinajstić information content (AvgIpc) is 3.32. The molecule has 1 aromatic heterocycles. The number of carbonyl (C=O) groups is 2. The maximum atomic E-state index is 13.3. The smallest absolute Gasteiger partial charge is 0.336 e. The lowest BCUT2D eigenvalue weighted by molar-refractivity contribution is -0.139. The highest BCUT2D eigenvalue weighted by molar-refractivity contribution is 7.16. The zero-order chi connectivity index (χ0) is 29.7. The van der Waals surface area contributed by atoms with Gasteiger partial charge in [-0.15, -0.1) is 11.3 Å². The largest absolute Gasteiger partial charge is 0.493 e. The molecule has 216 valence electrons. The highest BCUT2D eigenvalue weighted by Crippen LogP contribution is 2.43. The van der Waals surface area contributed by atoms with Gasteiger partial charge in [-0.2, -0.15) is 0 Å². The van der Waals surface area contributed by atoms with Crippen molar-refractivity contribution in [2.75, 3.05) is 32.8 Å². The van der Waals surface area contributed by atoms with Crippen molar-refractivity contribution in [1.29, 1.82) is 0 Å². The van der Waals surface area contributed by atoms with Crippen LogP contribution in [0.15, 0.2) is 65.0 Å². The molecule has 0 bridgehead atoms. The van der Waals surface area contributed by atoms with Gasteiger partial charge in [0.15, 0.2) is 16.6 Å². The van der Waals surface area contributed by atoms with Gasteiger partial charge in [0.1, 0.15) is 0 Å². The van der Waals surface area contributed by atoms with E-state index in [1.165, 1.54) is 11.3 Å². The van der Waals surface area contributed by atoms with E-state index in [-0.39, 0.29) is 13.2 Å². The van der Waals surface area contributed by atoms with Gasteiger partial charge in [-0.1, -0.05) is 18.2 Å². The van der Waals surface area contributed by atoms with E-state index in [9.17, 15) is 9.59 Å². The van der Waals surface area contributed by atoms with E-state index in [0.717, 1.165) is 21.7 Å². The van der Waals surface area contributed by atoms with E-state index >= 15 is 0 Å². The van der Waals surface area contributed by atoms with Crippen molar-refractivity contribution < 1.29 is 28.5 Å². The van der Waals surface area contributed by atoms with Gasteiger partial charge in [0, 0.05) is 27.5 Å². The van der Waals surface area contributed by atoms with Crippen molar-refractivity contribution in [2.45, 2.75) is 40.5 Å². The number of methoxy groups -OCH3 is 2. The maximum absolute atomic E-state index is 13.3. The summed E-state index contributed by atoms with van der Waals surface area (Å²) in [4.78, 5) is 32.4. The molecule has 1 aliphatic heterocycles. The Labute approximate surface area is 244 Å². The Balaban J connectivity index is 1.79. The number of carbonyl (C=O) groups excluding carboxylic acids is 2. The van der Waals surface area contributed by atoms with Crippen molar-refractivity contribution in [3.8, 4) is 22.8 Å². The standard InChI is InChI=1S/C31H35N3O6S/c1-8-39-29(35)25-17(3)32-18(4)26(30(36)40-9-2)27(25)21-12-10-11-13-22(21)33-31-34-28(19(5)41-31)20-14-15-23(37-6)24(16-20)38-7/h10-16,27,32H,8-9H2,1-7H3,(H,33,34). The molecule has 4 rings (SSSR count). The predicted molar refractivity (Wildman–Crippen MR) is 160 cm³/mol. The number of benzene rings is 2. The molecule has 0 aliphatic carbocycles. The van der Waals surface area contributed by atoms with E-state index in [0.29, 0.717) is 44.9 Å². The number of dihydropyridines is 1. The maximum Gasteiger partial charge on any atom is 0.336 e. The number of para-hydroxylation sites is 1. The highest BCUT2D eigenvalue weighted by atomic mass is 32.1. The van der Waals surface area contributed by atoms with Crippen LogP contribution >= 0.6 is 11.3 Å². The summed E-state index contributed by atoms with van der Waals surface area (Å²) in [6, 6.07) is 13.3. The van der Waals surface area contributed by atoms with Crippen LogP contribution in [0.2, 0.25) is 0 Å². The molecule has 10 heteroatoms. The number of ether oxygens (including phenoxy) is 4. The zero-order valence-corrected chi connectivity index (χ0v) is 25.2. The fourth-order valence-corrected chi connectivity index (χ4v) is 5.79. The molecule has 2 heterocycles. The molecule has 0 radical (unpaired) electrons. The number of thiazole rings is 1. The lowest BCUT2D eigenvalue weighted by Gasteiger charge is -2.31. The second-order valence-corrected chi connectivity index (χ2v) is 10.5. The van der Waals surface area contributed by atoms with E-state index in [1.54, 1.807) is 41.9 Å². The quantitative estimate of drug-likeness (QED) is 0.271. The first-order valence-corrected chi connectivity index (χ1v) is 14.1. The number of esters is 2. The Morgan fingerprint density at radius 2 is 1.51 bits per heavy atom. The van der Waals surface area contributed by atoms with Crippen molar-refractivity contribution in [2.24, 2.45) is 0 Å². The van der Waals surface area contributed by atoms with Gasteiger partial charge in [-0.25, -0.2) is 14.6 Å². The molecule has 1 aliphatic rings. The zero-order valence-electron chi connectivity index (χ0n) is 24.3. The minimum absolute atomic E-state index is 0.205. The summed E-state index contributed by atoms with van der Waals surface area (Å²) in [5, 5.41) is 7.29. The van der Waals surface area contributed by atoms with Crippen LogP contribution in [0.25, 0.3) is 11.3 Å². The normalized spacial score (nSPS) is 13.5. The molecule has 0 saturated heterocycles. The van der Waals surface area contributed by atoms with Crippen molar-refractivity contribution in [3.63, 3.8) is 0 Å². The number of nitrogens with zero attached hydrogens (tertiary/aromatic N) is 1. The summed E-state index contributed by atoms with van der Waals surface area (Å²) >= 11 is 1.50. The molecule has 41 heavy (non-hydrogen) atoms. The van der Waals surface area contributed by atoms with Crippen LogP contribution in [0.5, 0.6) is 11.5 Å². The van der Waals surface area contributed by atoms with E-state index in [1.807, 2.05) is 49.4 Å². The number of allylic oxidation sites excluding steroid dienone is 2. The molecule has 3 aromatic rings. The molecular formula is C31H35N3O6S. The minimum atomic E-state index is -0.718. The molecule has 9 nitrogen and oxygen atoms in total. The molecule has 0 amide bonds. The van der Waals surface area contributed by atoms with Gasteiger partial charge in [0.2, 0.25) is 0 Å². The van der Waals surface area contributed by atoms with Crippen LogP contribution in [-0.4, -0.2) is 44.4 Å². The number of anilines is 2. The van der Waals surface area contributed by atoms with E-state index < -0.39 is 17.9 Å². The van der Waals surface area contributed by atoms with Gasteiger partial charge in [-0.3, -0.25) is 0 Å². The number of rotatable bonds is 10. The summed E-state index contributed by atoms with van der Waals surface area (Å²) < 4.78 is 21.7. The Kier molecular flexibility index (Phi) is 9.34. The minimum Gasteiger partial charge on any atom is -0.493 e. The first-order valence-electron chi connectivity index (χ1n) is 13.3. The Bertz CT molecular complexity index is 1480. The van der Waals surface area contributed by atoms with Crippen LogP contribution in [0.3, 0.4) is 0 Å². The van der Waals surface area contributed by atoms with Crippen LogP contribution in [0, 0.1) is 6.92 Å². The second kappa shape index (κ2) is 12.9. The SMILES string of the molecule is CCOC(=O)C1=C(C)NC(C)=C(C(=O)OCC)C1c1ccccc1Nc1nc(-c2ccc(OC)c(OC)c2)c(C)s1. The Morgan fingerprint density at radius 1 is 0.902 bits per heavy atom. The van der Waals surface area contributed by atoms with Crippen molar-refractivity contribution in [1.82, 2.24) is 10.3 Å². The lowest BCUT2D eigenvalue weighted by atomic mass is 9.79. The van der Waals surface area contributed by atoms with Gasteiger partial charge >= 0.3 is 11.9 Å². The van der Waals surface area contributed by atoms with E-state index in [4.69, 9.17) is 23.9 Å². The highest BCUT2D eigenvalue weighted by Gasteiger charge is 2.39. The summed E-state index contributed by atoms with van der Waals surface area (Å²) in [5.41, 5.74) is 5.08. The topological polar surface area (TPSA) is 108 Å². The summed E-state index contributed by atoms with van der Waals surface area (Å²) in [7, 11) is 3.20. The number of hydrogen-bond acceptors (Lipinski definition) is 10. The molecule has 0 unspecified atom stereocenters. The van der Waals surface area contributed by atoms with Crippen molar-refractivity contribution >= 4 is 34.1 Å². The number of aromatic nitrogens is 1. The summed E-state index contributed by atoms with van der Waals surface area (Å²) in [6.07, 6.45) is 0. The summed E-state index contributed by atoms with van der Waals surface area (Å²) in [5.74, 6) is -0.449. The molecule has 2 aromatic carbocycles. The third-order valence-electron chi connectivity index (χ3n) is 6.72. The molecule has 0 saturated carbocycles. The van der Waals surface area contributed by atoms with Gasteiger partial charge in [0.25, 0.3) is 0 Å².